The van der Waals surface area contributed by atoms with Crippen molar-refractivity contribution in [1.29, 1.82) is 0 Å². The first-order valence-corrected chi connectivity index (χ1v) is 4.94. The maximum Gasteiger partial charge on any atom is 0.212 e. The number of pyridine rings is 1. The summed E-state index contributed by atoms with van der Waals surface area (Å²) >= 11 is 0. The van der Waals surface area contributed by atoms with E-state index < -0.39 is 0 Å². The molecule has 1 unspecified atom stereocenters. The molecule has 0 saturated heterocycles. The average Bonchev–Trinajstić information content (AvgIpc) is 2.27. The molecule has 86 valence electrons. The smallest absolute Gasteiger partial charge is 0.212 e. The Morgan fingerprint density at radius 1 is 1.47 bits per heavy atom. The van der Waals surface area contributed by atoms with E-state index in [9.17, 15) is 0 Å². The molecule has 1 heterocycles. The maximum atomic E-state index is 6.06. The van der Waals surface area contributed by atoms with Crippen LogP contribution >= 0.6 is 12.4 Å². The summed E-state index contributed by atoms with van der Waals surface area (Å²) in [5, 5.41) is 0. The van der Waals surface area contributed by atoms with E-state index in [1.807, 2.05) is 12.1 Å². The van der Waals surface area contributed by atoms with Crippen LogP contribution in [0.3, 0.4) is 0 Å². The summed E-state index contributed by atoms with van der Waals surface area (Å²) in [5.41, 5.74) is 7.13. The minimum Gasteiger partial charge on any atom is -0.481 e. The highest BCUT2D eigenvalue weighted by Gasteiger charge is 2.13. The van der Waals surface area contributed by atoms with E-state index in [4.69, 9.17) is 10.5 Å². The Balaban J connectivity index is 0.00000196. The van der Waals surface area contributed by atoms with Gasteiger partial charge in [0, 0.05) is 18.3 Å². The first-order chi connectivity index (χ1) is 6.69. The fourth-order valence-electron chi connectivity index (χ4n) is 1.29. The number of hydrogen-bond acceptors (Lipinski definition) is 3. The largest absolute Gasteiger partial charge is 0.481 e. The highest BCUT2D eigenvalue weighted by molar-refractivity contribution is 5.85. The lowest BCUT2D eigenvalue weighted by atomic mass is 9.95. The second-order valence-electron chi connectivity index (χ2n) is 3.55. The maximum absolute atomic E-state index is 6.06. The van der Waals surface area contributed by atoms with Crippen molar-refractivity contribution in [2.75, 3.05) is 7.11 Å². The van der Waals surface area contributed by atoms with Gasteiger partial charge in [-0.15, -0.1) is 12.4 Å². The second-order valence-corrected chi connectivity index (χ2v) is 3.55. The fourth-order valence-corrected chi connectivity index (χ4v) is 1.29. The Morgan fingerprint density at radius 3 is 2.53 bits per heavy atom. The van der Waals surface area contributed by atoms with Crippen LogP contribution in [0.5, 0.6) is 5.88 Å². The second kappa shape index (κ2) is 6.64. The zero-order valence-electron chi connectivity index (χ0n) is 9.43. The molecule has 0 aliphatic heterocycles. The molecule has 0 aliphatic rings. The molecule has 1 aromatic rings. The van der Waals surface area contributed by atoms with Gasteiger partial charge in [-0.2, -0.15) is 0 Å². The van der Waals surface area contributed by atoms with Crippen LogP contribution in [0.4, 0.5) is 0 Å². The Morgan fingerprint density at radius 2 is 2.13 bits per heavy atom. The van der Waals surface area contributed by atoms with Gasteiger partial charge in [-0.25, -0.2) is 4.98 Å². The SMILES string of the molecule is CCC(C)[C@@H](N)c1ccc(OC)nc1.Cl. The molecule has 0 bridgehead atoms. The van der Waals surface area contributed by atoms with E-state index >= 15 is 0 Å². The Kier molecular flexibility index (Phi) is 6.29. The Hall–Kier alpha value is -0.800. The van der Waals surface area contributed by atoms with Crippen molar-refractivity contribution < 1.29 is 4.74 Å². The first-order valence-electron chi connectivity index (χ1n) is 4.94. The van der Waals surface area contributed by atoms with Crippen molar-refractivity contribution in [3.63, 3.8) is 0 Å². The number of nitrogens with zero attached hydrogens (tertiary/aromatic N) is 1. The Bertz CT molecular complexity index is 276. The van der Waals surface area contributed by atoms with Crippen molar-refractivity contribution in [2.45, 2.75) is 26.3 Å². The van der Waals surface area contributed by atoms with Gasteiger partial charge >= 0.3 is 0 Å². The molecule has 1 rings (SSSR count). The molecule has 0 saturated carbocycles. The van der Waals surface area contributed by atoms with Crippen molar-refractivity contribution in [3.8, 4) is 5.88 Å². The molecule has 2 N–H and O–H groups in total. The third kappa shape index (κ3) is 3.68. The molecule has 3 nitrogen and oxygen atoms in total. The molecule has 0 aromatic carbocycles. The normalized spacial score (nSPS) is 13.9. The number of rotatable bonds is 4. The van der Waals surface area contributed by atoms with Gasteiger partial charge in [-0.05, 0) is 11.5 Å². The van der Waals surface area contributed by atoms with Crippen LogP contribution in [-0.4, -0.2) is 12.1 Å². The number of ether oxygens (including phenoxy) is 1. The lowest BCUT2D eigenvalue weighted by Gasteiger charge is -2.18. The van der Waals surface area contributed by atoms with Crippen molar-refractivity contribution in [1.82, 2.24) is 4.98 Å². The summed E-state index contributed by atoms with van der Waals surface area (Å²) < 4.78 is 4.98. The van der Waals surface area contributed by atoms with E-state index in [1.54, 1.807) is 13.3 Å². The third-order valence-electron chi connectivity index (χ3n) is 2.61. The molecule has 0 aliphatic carbocycles. The molecular weight excluding hydrogens is 212 g/mol. The van der Waals surface area contributed by atoms with Crippen LogP contribution in [0.2, 0.25) is 0 Å². The van der Waals surface area contributed by atoms with Gasteiger partial charge in [0.1, 0.15) is 0 Å². The summed E-state index contributed by atoms with van der Waals surface area (Å²) in [6, 6.07) is 3.89. The summed E-state index contributed by atoms with van der Waals surface area (Å²) in [4.78, 5) is 4.13. The zero-order chi connectivity index (χ0) is 10.6. The molecule has 2 atom stereocenters. The molecule has 1 aromatic heterocycles. The van der Waals surface area contributed by atoms with E-state index in [-0.39, 0.29) is 18.4 Å². The fraction of sp³-hybridized carbons (Fsp3) is 0.545. The quantitative estimate of drug-likeness (QED) is 0.865. The van der Waals surface area contributed by atoms with E-state index in [2.05, 4.69) is 18.8 Å². The molecule has 0 radical (unpaired) electrons. The third-order valence-corrected chi connectivity index (χ3v) is 2.61. The van der Waals surface area contributed by atoms with Crippen LogP contribution in [0.25, 0.3) is 0 Å². The first kappa shape index (κ1) is 14.2. The summed E-state index contributed by atoms with van der Waals surface area (Å²) in [5.74, 6) is 1.11. The van der Waals surface area contributed by atoms with Gasteiger partial charge in [0.25, 0.3) is 0 Å². The predicted molar refractivity (Wildman–Crippen MR) is 64.4 cm³/mol. The molecule has 15 heavy (non-hydrogen) atoms. The number of halogens is 1. The highest BCUT2D eigenvalue weighted by atomic mass is 35.5. The van der Waals surface area contributed by atoms with Gasteiger partial charge < -0.3 is 10.5 Å². The number of methoxy groups -OCH3 is 1. The average molecular weight is 231 g/mol. The van der Waals surface area contributed by atoms with Crippen LogP contribution < -0.4 is 10.5 Å². The minimum atomic E-state index is 0. The van der Waals surface area contributed by atoms with Crippen LogP contribution in [0.1, 0.15) is 31.9 Å². The van der Waals surface area contributed by atoms with Crippen molar-refractivity contribution in [2.24, 2.45) is 11.7 Å². The molecule has 4 heteroatoms. The zero-order valence-corrected chi connectivity index (χ0v) is 10.3. The van der Waals surface area contributed by atoms with Crippen molar-refractivity contribution >= 4 is 12.4 Å². The van der Waals surface area contributed by atoms with Gasteiger partial charge in [0.15, 0.2) is 0 Å². The van der Waals surface area contributed by atoms with Crippen molar-refractivity contribution in [3.05, 3.63) is 23.9 Å². The van der Waals surface area contributed by atoms with Crippen LogP contribution in [0, 0.1) is 5.92 Å². The van der Waals surface area contributed by atoms with Gasteiger partial charge in [0.2, 0.25) is 5.88 Å². The number of aromatic nitrogens is 1. The lowest BCUT2D eigenvalue weighted by molar-refractivity contribution is 0.396. The monoisotopic (exact) mass is 230 g/mol. The molecule has 0 spiro atoms. The van der Waals surface area contributed by atoms with Gasteiger partial charge in [-0.1, -0.05) is 26.3 Å². The lowest BCUT2D eigenvalue weighted by Crippen LogP contribution is -2.18. The molecule has 0 amide bonds. The molecule has 0 fully saturated rings. The number of nitrogens with two attached hydrogens (primary N) is 1. The van der Waals surface area contributed by atoms with E-state index in [0.29, 0.717) is 11.8 Å². The number of hydrogen-bond donors (Lipinski definition) is 1. The summed E-state index contributed by atoms with van der Waals surface area (Å²) in [6.07, 6.45) is 2.86. The molecular formula is C11H19ClN2O. The van der Waals surface area contributed by atoms with Crippen LogP contribution in [0.15, 0.2) is 18.3 Å². The summed E-state index contributed by atoms with van der Waals surface area (Å²) in [6.45, 7) is 4.29. The van der Waals surface area contributed by atoms with E-state index in [1.165, 1.54) is 0 Å². The summed E-state index contributed by atoms with van der Waals surface area (Å²) in [7, 11) is 1.61. The minimum absolute atomic E-state index is 0. The highest BCUT2D eigenvalue weighted by Crippen LogP contribution is 2.21. The van der Waals surface area contributed by atoms with Gasteiger partial charge in [-0.3, -0.25) is 0 Å². The van der Waals surface area contributed by atoms with E-state index in [0.717, 1.165) is 12.0 Å². The van der Waals surface area contributed by atoms with Crippen LogP contribution in [-0.2, 0) is 0 Å². The van der Waals surface area contributed by atoms with Gasteiger partial charge in [0.05, 0.1) is 7.11 Å². The predicted octanol–water partition coefficient (Wildman–Crippen LogP) is 2.56. The topological polar surface area (TPSA) is 48.1 Å². The standard InChI is InChI=1S/C11H18N2O.ClH/c1-4-8(2)11(12)9-5-6-10(14-3)13-7-9;/h5-8,11H,4,12H2,1-3H3;1H/t8?,11-;/m1./s1. The Labute approximate surface area is 97.4 Å².